The van der Waals surface area contributed by atoms with E-state index in [1.807, 2.05) is 6.92 Å². The molecule has 1 aromatic heterocycles. The van der Waals surface area contributed by atoms with Crippen LogP contribution in [0.15, 0.2) is 17.3 Å². The second-order valence-corrected chi connectivity index (χ2v) is 6.72. The van der Waals surface area contributed by atoms with Crippen LogP contribution in [-0.2, 0) is 16.6 Å². The first-order valence-electron chi connectivity index (χ1n) is 6.83. The monoisotopic (exact) mass is 286 g/mol. The molecule has 19 heavy (non-hydrogen) atoms. The third kappa shape index (κ3) is 3.16. The summed E-state index contributed by atoms with van der Waals surface area (Å²) in [5.41, 5.74) is 0. The van der Waals surface area contributed by atoms with Gasteiger partial charge in [-0.3, -0.25) is 4.68 Å². The Kier molecular flexibility index (Phi) is 4.59. The summed E-state index contributed by atoms with van der Waals surface area (Å²) in [5.74, 6) is 0. The molecule has 0 amide bonds. The van der Waals surface area contributed by atoms with E-state index in [-0.39, 0.29) is 0 Å². The molecule has 0 aromatic carbocycles. The summed E-state index contributed by atoms with van der Waals surface area (Å²) in [6.45, 7) is 8.57. The van der Waals surface area contributed by atoms with Gasteiger partial charge < -0.3 is 4.90 Å². The van der Waals surface area contributed by atoms with Gasteiger partial charge in [0.2, 0.25) is 10.0 Å². The molecule has 2 rings (SSSR count). The predicted octanol–water partition coefficient (Wildman–Crippen LogP) is 0.619. The summed E-state index contributed by atoms with van der Waals surface area (Å²) in [6.07, 6.45) is 4.15. The Morgan fingerprint density at radius 1 is 1.21 bits per heavy atom. The molecular weight excluding hydrogens is 264 g/mol. The summed E-state index contributed by atoms with van der Waals surface area (Å²) < 4.78 is 28.1. The Hall–Kier alpha value is -0.920. The third-order valence-corrected chi connectivity index (χ3v) is 5.29. The van der Waals surface area contributed by atoms with E-state index >= 15 is 0 Å². The van der Waals surface area contributed by atoms with Crippen molar-refractivity contribution in [3.63, 3.8) is 0 Å². The number of rotatable bonds is 5. The minimum atomic E-state index is -3.37. The minimum absolute atomic E-state index is 0.304. The Labute approximate surface area is 115 Å². The summed E-state index contributed by atoms with van der Waals surface area (Å²) in [5, 5.41) is 4.04. The first kappa shape index (κ1) is 14.5. The van der Waals surface area contributed by atoms with E-state index in [4.69, 9.17) is 0 Å². The second-order valence-electron chi connectivity index (χ2n) is 4.78. The van der Waals surface area contributed by atoms with Crippen molar-refractivity contribution in [1.29, 1.82) is 0 Å². The molecule has 0 atom stereocenters. The smallest absolute Gasteiger partial charge is 0.246 e. The lowest BCUT2D eigenvalue weighted by molar-refractivity contribution is 0.188. The van der Waals surface area contributed by atoms with E-state index in [1.165, 1.54) is 6.20 Å². The van der Waals surface area contributed by atoms with Crippen LogP contribution in [0.5, 0.6) is 0 Å². The molecule has 108 valence electrons. The van der Waals surface area contributed by atoms with Gasteiger partial charge in [0.1, 0.15) is 4.90 Å². The highest BCUT2D eigenvalue weighted by molar-refractivity contribution is 7.89. The normalized spacial score (nSPS) is 18.8. The maximum atomic E-state index is 12.4. The van der Waals surface area contributed by atoms with E-state index in [9.17, 15) is 8.42 Å². The highest BCUT2D eigenvalue weighted by Crippen LogP contribution is 2.17. The van der Waals surface area contributed by atoms with Crippen LogP contribution in [0.2, 0.25) is 0 Å². The zero-order chi connectivity index (χ0) is 13.9. The molecule has 2 heterocycles. The van der Waals surface area contributed by atoms with Crippen LogP contribution < -0.4 is 0 Å². The van der Waals surface area contributed by atoms with E-state index < -0.39 is 10.0 Å². The molecule has 0 spiro atoms. The van der Waals surface area contributed by atoms with Crippen molar-refractivity contribution in [2.24, 2.45) is 0 Å². The van der Waals surface area contributed by atoms with E-state index in [2.05, 4.69) is 16.9 Å². The van der Waals surface area contributed by atoms with Gasteiger partial charge in [-0.15, -0.1) is 0 Å². The van der Waals surface area contributed by atoms with Crippen LogP contribution >= 0.6 is 0 Å². The number of aryl methyl sites for hydroxylation is 1. The van der Waals surface area contributed by atoms with Crippen LogP contribution in [0, 0.1) is 0 Å². The van der Waals surface area contributed by atoms with Crippen LogP contribution in [0.4, 0.5) is 0 Å². The standard InChI is InChI=1S/C12H22N4O2S/c1-3-5-14-6-8-16(9-7-14)19(17,18)12-10-13-15(4-2)11-12/h10-11H,3-9H2,1-2H3. The quantitative estimate of drug-likeness (QED) is 0.796. The SMILES string of the molecule is CCCN1CCN(S(=O)(=O)c2cnn(CC)c2)CC1. The number of sulfonamides is 1. The van der Waals surface area contributed by atoms with Crippen LogP contribution in [0.25, 0.3) is 0 Å². The maximum absolute atomic E-state index is 12.4. The zero-order valence-corrected chi connectivity index (χ0v) is 12.4. The van der Waals surface area contributed by atoms with Crippen molar-refractivity contribution < 1.29 is 8.42 Å². The third-order valence-electron chi connectivity index (χ3n) is 3.44. The number of hydrogen-bond donors (Lipinski definition) is 0. The Morgan fingerprint density at radius 3 is 2.42 bits per heavy atom. The van der Waals surface area contributed by atoms with Gasteiger partial charge in [0.25, 0.3) is 0 Å². The lowest BCUT2D eigenvalue weighted by Gasteiger charge is -2.33. The molecule has 0 N–H and O–H groups in total. The first-order valence-corrected chi connectivity index (χ1v) is 8.27. The molecule has 0 saturated carbocycles. The zero-order valence-electron chi connectivity index (χ0n) is 11.6. The fourth-order valence-electron chi connectivity index (χ4n) is 2.31. The van der Waals surface area contributed by atoms with Crippen molar-refractivity contribution in [2.75, 3.05) is 32.7 Å². The summed E-state index contributed by atoms with van der Waals surface area (Å²) in [7, 11) is -3.37. The van der Waals surface area contributed by atoms with Gasteiger partial charge in [-0.05, 0) is 19.9 Å². The predicted molar refractivity (Wildman–Crippen MR) is 73.4 cm³/mol. The second kappa shape index (κ2) is 6.02. The van der Waals surface area contributed by atoms with E-state index in [0.717, 1.165) is 26.1 Å². The molecule has 0 radical (unpaired) electrons. The molecule has 6 nitrogen and oxygen atoms in total. The molecule has 0 bridgehead atoms. The average molecular weight is 286 g/mol. The van der Waals surface area contributed by atoms with Crippen LogP contribution in [0.1, 0.15) is 20.3 Å². The van der Waals surface area contributed by atoms with Gasteiger partial charge >= 0.3 is 0 Å². The molecule has 0 unspecified atom stereocenters. The molecule has 1 aromatic rings. The molecule has 7 heteroatoms. The van der Waals surface area contributed by atoms with Crippen molar-refractivity contribution in [3.05, 3.63) is 12.4 Å². The van der Waals surface area contributed by atoms with Gasteiger partial charge in [0, 0.05) is 38.9 Å². The molecule has 1 saturated heterocycles. The van der Waals surface area contributed by atoms with Crippen molar-refractivity contribution >= 4 is 10.0 Å². The molecule has 1 aliphatic rings. The van der Waals surface area contributed by atoms with Crippen LogP contribution in [-0.4, -0.2) is 60.1 Å². The highest BCUT2D eigenvalue weighted by atomic mass is 32.2. The highest BCUT2D eigenvalue weighted by Gasteiger charge is 2.29. The number of hydrogen-bond acceptors (Lipinski definition) is 4. The van der Waals surface area contributed by atoms with E-state index in [0.29, 0.717) is 24.5 Å². The van der Waals surface area contributed by atoms with Crippen molar-refractivity contribution in [2.45, 2.75) is 31.7 Å². The fourth-order valence-corrected chi connectivity index (χ4v) is 3.69. The number of aromatic nitrogens is 2. The molecule has 1 aliphatic heterocycles. The van der Waals surface area contributed by atoms with Gasteiger partial charge in [-0.25, -0.2) is 8.42 Å². The van der Waals surface area contributed by atoms with Crippen molar-refractivity contribution in [3.8, 4) is 0 Å². The van der Waals surface area contributed by atoms with Crippen molar-refractivity contribution in [1.82, 2.24) is 19.0 Å². The molecule has 1 fully saturated rings. The van der Waals surface area contributed by atoms with Gasteiger partial charge in [-0.1, -0.05) is 6.92 Å². The number of nitrogens with zero attached hydrogens (tertiary/aromatic N) is 4. The Bertz CT molecular complexity index is 504. The first-order chi connectivity index (χ1) is 9.07. The lowest BCUT2D eigenvalue weighted by Crippen LogP contribution is -2.48. The van der Waals surface area contributed by atoms with E-state index in [1.54, 1.807) is 15.2 Å². The van der Waals surface area contributed by atoms with Crippen LogP contribution in [0.3, 0.4) is 0 Å². The number of piperazine rings is 1. The average Bonchev–Trinajstić information content (AvgIpc) is 2.89. The van der Waals surface area contributed by atoms with Gasteiger partial charge in [-0.2, -0.15) is 9.40 Å². The Balaban J connectivity index is 2.05. The lowest BCUT2D eigenvalue weighted by atomic mass is 10.3. The Morgan fingerprint density at radius 2 is 1.89 bits per heavy atom. The van der Waals surface area contributed by atoms with Gasteiger partial charge in [0.15, 0.2) is 0 Å². The summed E-state index contributed by atoms with van der Waals surface area (Å²) in [6, 6.07) is 0. The summed E-state index contributed by atoms with van der Waals surface area (Å²) >= 11 is 0. The van der Waals surface area contributed by atoms with Gasteiger partial charge in [0.05, 0.1) is 6.20 Å². The summed E-state index contributed by atoms with van der Waals surface area (Å²) in [4.78, 5) is 2.61. The molecule has 0 aliphatic carbocycles. The maximum Gasteiger partial charge on any atom is 0.246 e. The fraction of sp³-hybridized carbons (Fsp3) is 0.750. The topological polar surface area (TPSA) is 58.4 Å². The minimum Gasteiger partial charge on any atom is -0.301 e. The molecular formula is C12H22N4O2S. The largest absolute Gasteiger partial charge is 0.301 e.